The van der Waals surface area contributed by atoms with Crippen LogP contribution in [0.3, 0.4) is 0 Å². The first-order chi connectivity index (χ1) is 20.3. The summed E-state index contributed by atoms with van der Waals surface area (Å²) in [5, 5.41) is 50.3. The first-order valence-electron chi connectivity index (χ1n) is 14.4. The lowest BCUT2D eigenvalue weighted by Gasteiger charge is -2.36. The quantitative estimate of drug-likeness (QED) is 0.121. The molecule has 10 nitrogen and oxygen atoms in total. The Bertz CT molecular complexity index is 1310. The number of fused-ring (bicyclic) bond motifs is 1. The van der Waals surface area contributed by atoms with Crippen molar-refractivity contribution in [1.29, 1.82) is 0 Å². The molecule has 1 aliphatic carbocycles. The van der Waals surface area contributed by atoms with Crippen molar-refractivity contribution >= 4 is 29.4 Å². The Morgan fingerprint density at radius 1 is 0.976 bits per heavy atom. The standard InChI is InChI=1S/C32H39NO9/c34-17-22-16-25-30(32(41)33(31(25)40)14-6-2-5-9-28(38)39)26(19-36)29(22)27(37)13-10-21(20-7-3-1-4-8-20)15-23-11-12-24(18-35)42-23/h1,3-4,7-8,11-12,15,25-27,30,34-37H,2,5-6,9-10,13-14,16-19H2,(H,38,39)/b21-15-/t25-,26+,27-,30-/m1/s1. The van der Waals surface area contributed by atoms with Gasteiger partial charge in [0, 0.05) is 18.9 Å². The molecular weight excluding hydrogens is 542 g/mol. The first-order valence-corrected chi connectivity index (χ1v) is 14.4. The second-order valence-electron chi connectivity index (χ2n) is 10.9. The van der Waals surface area contributed by atoms with Gasteiger partial charge >= 0.3 is 5.97 Å². The van der Waals surface area contributed by atoms with E-state index in [1.165, 1.54) is 4.90 Å². The SMILES string of the molecule is O=C(O)CCCCCN1C(=O)[C@@H]2[C@@H](CC(CO)=C([C@H](O)CC/C(=C/c3ccc(CO)o3)c3ccccc3)[C@@H]2CO)C1=O. The number of carboxylic acid groups (broad SMARTS) is 1. The summed E-state index contributed by atoms with van der Waals surface area (Å²) in [6.45, 7) is -0.912. The van der Waals surface area contributed by atoms with Gasteiger partial charge in [-0.2, -0.15) is 0 Å². The number of unbranched alkanes of at least 4 members (excludes halogenated alkanes) is 2. The number of hydrogen-bond acceptors (Lipinski definition) is 8. The van der Waals surface area contributed by atoms with E-state index in [0.717, 1.165) is 11.1 Å². The number of amides is 2. The molecule has 2 amide bonds. The van der Waals surface area contributed by atoms with E-state index in [-0.39, 0.29) is 38.3 Å². The summed E-state index contributed by atoms with van der Waals surface area (Å²) < 4.78 is 5.64. The Balaban J connectivity index is 1.51. The van der Waals surface area contributed by atoms with E-state index < -0.39 is 48.9 Å². The van der Waals surface area contributed by atoms with E-state index in [9.17, 15) is 34.8 Å². The van der Waals surface area contributed by atoms with Crippen LogP contribution in [0, 0.1) is 17.8 Å². The first kappa shape index (κ1) is 31.4. The van der Waals surface area contributed by atoms with Crippen LogP contribution < -0.4 is 0 Å². The Kier molecular flexibility index (Phi) is 10.9. The molecule has 4 rings (SSSR count). The second kappa shape index (κ2) is 14.6. The van der Waals surface area contributed by atoms with Gasteiger partial charge in [0.25, 0.3) is 0 Å². The summed E-state index contributed by atoms with van der Waals surface area (Å²) in [7, 11) is 0. The summed E-state index contributed by atoms with van der Waals surface area (Å²) in [5.74, 6) is -3.01. The molecule has 2 aliphatic rings. The monoisotopic (exact) mass is 581 g/mol. The highest BCUT2D eigenvalue weighted by molar-refractivity contribution is 6.05. The topological polar surface area (TPSA) is 169 Å². The largest absolute Gasteiger partial charge is 0.481 e. The maximum absolute atomic E-state index is 13.4. The second-order valence-corrected chi connectivity index (χ2v) is 10.9. The fraction of sp³-hybridized carbons (Fsp3) is 0.469. The van der Waals surface area contributed by atoms with E-state index >= 15 is 0 Å². The zero-order valence-corrected chi connectivity index (χ0v) is 23.5. The van der Waals surface area contributed by atoms with Crippen molar-refractivity contribution in [3.8, 4) is 0 Å². The number of carbonyl (C=O) groups excluding carboxylic acids is 2. The normalized spacial score (nSPS) is 21.7. The molecular formula is C32H39NO9. The van der Waals surface area contributed by atoms with Crippen LogP contribution in [-0.4, -0.2) is 74.1 Å². The third-order valence-electron chi connectivity index (χ3n) is 8.28. The number of hydrogen-bond donors (Lipinski definition) is 5. The molecule has 1 fully saturated rings. The van der Waals surface area contributed by atoms with Gasteiger partial charge in [-0.05, 0) is 72.6 Å². The van der Waals surface area contributed by atoms with Gasteiger partial charge in [0.15, 0.2) is 0 Å². The zero-order chi connectivity index (χ0) is 30.2. The molecule has 1 aromatic carbocycles. The molecule has 1 saturated heterocycles. The van der Waals surface area contributed by atoms with Crippen LogP contribution in [-0.2, 0) is 21.0 Å². The molecule has 0 bridgehead atoms. The number of allylic oxidation sites excluding steroid dienone is 1. The number of benzene rings is 1. The summed E-state index contributed by atoms with van der Waals surface area (Å²) in [6, 6.07) is 13.0. The number of nitrogens with zero attached hydrogens (tertiary/aromatic N) is 1. The van der Waals surface area contributed by atoms with Gasteiger partial charge in [0.1, 0.15) is 18.1 Å². The Morgan fingerprint density at radius 2 is 1.74 bits per heavy atom. The number of likely N-dealkylation sites (tertiary alicyclic amines) is 1. The number of rotatable bonds is 15. The molecule has 0 saturated carbocycles. The Hall–Kier alpha value is -3.57. The number of imide groups is 1. The summed E-state index contributed by atoms with van der Waals surface area (Å²) in [6.07, 6.45) is 3.05. The van der Waals surface area contributed by atoms with E-state index in [4.69, 9.17) is 9.52 Å². The van der Waals surface area contributed by atoms with Crippen LogP contribution in [0.15, 0.2) is 58.0 Å². The van der Waals surface area contributed by atoms with E-state index in [0.29, 0.717) is 48.3 Å². The molecule has 10 heteroatoms. The maximum Gasteiger partial charge on any atom is 0.303 e. The third-order valence-corrected chi connectivity index (χ3v) is 8.28. The molecule has 5 N–H and O–H groups in total. The molecule has 42 heavy (non-hydrogen) atoms. The van der Waals surface area contributed by atoms with Crippen LogP contribution in [0.1, 0.15) is 62.0 Å². The zero-order valence-electron chi connectivity index (χ0n) is 23.5. The lowest BCUT2D eigenvalue weighted by molar-refractivity contribution is -0.141. The van der Waals surface area contributed by atoms with Crippen molar-refractivity contribution in [2.24, 2.45) is 17.8 Å². The molecule has 1 aromatic heterocycles. The van der Waals surface area contributed by atoms with Gasteiger partial charge in [-0.25, -0.2) is 0 Å². The van der Waals surface area contributed by atoms with E-state index in [1.807, 2.05) is 36.4 Å². The lowest BCUT2D eigenvalue weighted by atomic mass is 9.68. The van der Waals surface area contributed by atoms with Crippen molar-refractivity contribution in [1.82, 2.24) is 4.90 Å². The van der Waals surface area contributed by atoms with Crippen molar-refractivity contribution in [2.75, 3.05) is 19.8 Å². The maximum atomic E-state index is 13.4. The van der Waals surface area contributed by atoms with Gasteiger partial charge in [0.05, 0.1) is 31.2 Å². The van der Waals surface area contributed by atoms with Crippen molar-refractivity contribution < 1.29 is 44.3 Å². The van der Waals surface area contributed by atoms with E-state index in [1.54, 1.807) is 12.1 Å². The highest BCUT2D eigenvalue weighted by atomic mass is 16.4. The molecule has 0 radical (unpaired) electrons. The highest BCUT2D eigenvalue weighted by Gasteiger charge is 2.54. The number of carbonyl (C=O) groups is 3. The third kappa shape index (κ3) is 7.07. The van der Waals surface area contributed by atoms with Crippen LogP contribution >= 0.6 is 0 Å². The highest BCUT2D eigenvalue weighted by Crippen LogP contribution is 2.46. The fourth-order valence-electron chi connectivity index (χ4n) is 6.24. The van der Waals surface area contributed by atoms with Gasteiger partial charge in [-0.15, -0.1) is 0 Å². The van der Waals surface area contributed by atoms with Gasteiger partial charge in [-0.1, -0.05) is 36.8 Å². The molecule has 4 atom stereocenters. The Labute approximate surface area is 244 Å². The smallest absolute Gasteiger partial charge is 0.303 e. The molecule has 2 aromatic rings. The predicted octanol–water partition coefficient (Wildman–Crippen LogP) is 3.00. The van der Waals surface area contributed by atoms with E-state index in [2.05, 4.69) is 0 Å². The average molecular weight is 582 g/mol. The van der Waals surface area contributed by atoms with Crippen LogP contribution in [0.2, 0.25) is 0 Å². The summed E-state index contributed by atoms with van der Waals surface area (Å²) >= 11 is 0. The number of carboxylic acids is 1. The van der Waals surface area contributed by atoms with Crippen LogP contribution in [0.5, 0.6) is 0 Å². The molecule has 2 heterocycles. The molecule has 1 aliphatic heterocycles. The minimum absolute atomic E-state index is 0.0249. The van der Waals surface area contributed by atoms with Crippen LogP contribution in [0.4, 0.5) is 0 Å². The molecule has 0 spiro atoms. The lowest BCUT2D eigenvalue weighted by Crippen LogP contribution is -2.39. The number of furan rings is 1. The minimum atomic E-state index is -1.07. The molecule has 0 unspecified atom stereocenters. The number of aliphatic carboxylic acids is 1. The minimum Gasteiger partial charge on any atom is -0.481 e. The number of aliphatic hydroxyl groups excluding tert-OH is 4. The van der Waals surface area contributed by atoms with Gasteiger partial charge in [0.2, 0.25) is 11.8 Å². The summed E-state index contributed by atoms with van der Waals surface area (Å²) in [5.41, 5.74) is 2.67. The fourth-order valence-corrected chi connectivity index (χ4v) is 6.24. The number of aliphatic hydroxyl groups is 4. The van der Waals surface area contributed by atoms with Gasteiger partial charge < -0.3 is 29.9 Å². The molecule has 226 valence electrons. The average Bonchev–Trinajstić information content (AvgIpc) is 3.55. The Morgan fingerprint density at radius 3 is 2.38 bits per heavy atom. The summed E-state index contributed by atoms with van der Waals surface area (Å²) in [4.78, 5) is 38.6. The van der Waals surface area contributed by atoms with Gasteiger partial charge in [-0.3, -0.25) is 19.3 Å². The van der Waals surface area contributed by atoms with Crippen molar-refractivity contribution in [2.45, 2.75) is 57.7 Å². The van der Waals surface area contributed by atoms with Crippen LogP contribution in [0.25, 0.3) is 11.6 Å². The van der Waals surface area contributed by atoms with Crippen molar-refractivity contribution in [3.05, 3.63) is 70.7 Å². The predicted molar refractivity (Wildman–Crippen MR) is 153 cm³/mol. The van der Waals surface area contributed by atoms with Crippen molar-refractivity contribution in [3.63, 3.8) is 0 Å².